The molecule has 1 nitrogen and oxygen atoms in total. The quantitative estimate of drug-likeness (QED) is 0.617. The van der Waals surface area contributed by atoms with Gasteiger partial charge >= 0.3 is 0 Å². The van der Waals surface area contributed by atoms with Crippen LogP contribution in [-0.2, 0) is 4.43 Å². The second-order valence-corrected chi connectivity index (χ2v) is 18.5. The second-order valence-electron chi connectivity index (χ2n) is 3.87. The Morgan fingerprint density at radius 3 is 2.00 bits per heavy atom. The summed E-state index contributed by atoms with van der Waals surface area (Å²) in [5.41, 5.74) is 2.15. The molecule has 0 aromatic carbocycles. The molecule has 0 bridgehead atoms. The van der Waals surface area contributed by atoms with E-state index < -0.39 is 15.4 Å². The maximum absolute atomic E-state index is 5.81. The van der Waals surface area contributed by atoms with Crippen molar-refractivity contribution in [2.24, 2.45) is 0 Å². The first-order valence-electron chi connectivity index (χ1n) is 4.15. The minimum absolute atomic E-state index is 0.851. The summed E-state index contributed by atoms with van der Waals surface area (Å²) in [6.45, 7) is 16.1. The van der Waals surface area contributed by atoms with Crippen LogP contribution in [0.25, 0.3) is 0 Å². The lowest BCUT2D eigenvalue weighted by Crippen LogP contribution is -2.55. The van der Waals surface area contributed by atoms with Crippen molar-refractivity contribution in [1.82, 2.24) is 0 Å². The van der Waals surface area contributed by atoms with Gasteiger partial charge in [0.2, 0.25) is 0 Å². The largest absolute Gasteiger partial charge is 0.420 e. The summed E-state index contributed by atoms with van der Waals surface area (Å²) in [5, 5.41) is 0. The van der Waals surface area contributed by atoms with Crippen LogP contribution < -0.4 is 0 Å². The molecule has 11 heavy (non-hydrogen) atoms. The van der Waals surface area contributed by atoms with Crippen LogP contribution in [0.3, 0.4) is 0 Å². The van der Waals surface area contributed by atoms with Crippen molar-refractivity contribution in [3.63, 3.8) is 0 Å². The Morgan fingerprint density at radius 1 is 1.27 bits per heavy atom. The molecule has 66 valence electrons. The summed E-state index contributed by atoms with van der Waals surface area (Å²) in [6, 6.07) is 0. The fraction of sp³-hybridized carbons (Fsp3) is 0.750. The highest BCUT2D eigenvalue weighted by Gasteiger charge is 2.40. The zero-order chi connectivity index (χ0) is 9.12. The molecule has 0 atom stereocenters. The highest BCUT2D eigenvalue weighted by molar-refractivity contribution is 7.40. The molecule has 0 aromatic rings. The lowest BCUT2D eigenvalue weighted by Gasteiger charge is -2.34. The highest BCUT2D eigenvalue weighted by Crippen LogP contribution is 2.20. The Hall–Kier alpha value is 0.134. The first-order valence-corrected chi connectivity index (χ1v) is 11.1. The lowest BCUT2D eigenvalue weighted by atomic mass is 10.9. The number of rotatable bonds is 4. The number of hydrogen-bond acceptors (Lipinski definition) is 1. The summed E-state index contributed by atoms with van der Waals surface area (Å²) in [5.74, 6) is 0. The normalized spacial score (nSPS) is 13.2. The second kappa shape index (κ2) is 3.69. The van der Waals surface area contributed by atoms with Gasteiger partial charge in [0, 0.05) is 6.61 Å². The molecule has 0 heterocycles. The van der Waals surface area contributed by atoms with Crippen molar-refractivity contribution in [2.75, 3.05) is 6.61 Å². The Bertz CT molecular complexity index is 141. The van der Waals surface area contributed by atoms with Crippen molar-refractivity contribution in [3.05, 3.63) is 12.3 Å². The first kappa shape index (κ1) is 11.1. The molecule has 0 fully saturated rings. The molecule has 0 spiro atoms. The Labute approximate surface area is 72.4 Å². The molecule has 0 unspecified atom stereocenters. The molecule has 0 N–H and O–H groups in total. The summed E-state index contributed by atoms with van der Waals surface area (Å²) < 4.78 is 5.81. The van der Waals surface area contributed by atoms with Crippen molar-refractivity contribution in [3.8, 4) is 0 Å². The topological polar surface area (TPSA) is 9.23 Å². The van der Waals surface area contributed by atoms with Crippen LogP contribution in [0.15, 0.2) is 12.3 Å². The average Bonchev–Trinajstić information content (AvgIpc) is 1.87. The highest BCUT2D eigenvalue weighted by atomic mass is 29.3. The lowest BCUT2D eigenvalue weighted by molar-refractivity contribution is 0.342. The van der Waals surface area contributed by atoms with Crippen LogP contribution >= 0.6 is 0 Å². The van der Waals surface area contributed by atoms with Crippen LogP contribution in [0.1, 0.15) is 6.92 Å². The molecule has 0 aromatic heterocycles. The molecule has 0 aliphatic rings. The van der Waals surface area contributed by atoms with E-state index in [0.717, 1.165) is 6.61 Å². The van der Waals surface area contributed by atoms with Gasteiger partial charge in [-0.3, -0.25) is 0 Å². The van der Waals surface area contributed by atoms with Crippen LogP contribution in [-0.4, -0.2) is 22.0 Å². The van der Waals surface area contributed by atoms with E-state index in [1.807, 2.05) is 0 Å². The summed E-state index contributed by atoms with van der Waals surface area (Å²) >= 11 is 0. The van der Waals surface area contributed by atoms with E-state index in [-0.39, 0.29) is 0 Å². The van der Waals surface area contributed by atoms with Gasteiger partial charge in [-0.2, -0.15) is 0 Å². The van der Waals surface area contributed by atoms with Gasteiger partial charge < -0.3 is 4.43 Å². The third-order valence-electron chi connectivity index (χ3n) is 2.57. The Balaban J connectivity index is 4.38. The van der Waals surface area contributed by atoms with Crippen LogP contribution in [0, 0.1) is 0 Å². The Morgan fingerprint density at radius 2 is 1.73 bits per heavy atom. The van der Waals surface area contributed by atoms with Gasteiger partial charge in [0.1, 0.15) is 0 Å². The van der Waals surface area contributed by atoms with Gasteiger partial charge in [0.15, 0.2) is 7.83 Å². The average molecular weight is 188 g/mol. The Kier molecular flexibility index (Phi) is 3.74. The predicted molar refractivity (Wildman–Crippen MR) is 56.8 cm³/mol. The molecule has 3 heteroatoms. The SMILES string of the molecule is C=C[Si](C)(C)[Si](C)(C)OCC. The van der Waals surface area contributed by atoms with Crippen LogP contribution in [0.4, 0.5) is 0 Å². The molecular formula is C8H20OSi2. The minimum Gasteiger partial charge on any atom is -0.420 e. The third-order valence-corrected chi connectivity index (χ3v) is 18.1. The van der Waals surface area contributed by atoms with Gasteiger partial charge in [-0.25, -0.2) is 0 Å². The molecule has 0 aliphatic carbocycles. The zero-order valence-corrected chi connectivity index (χ0v) is 10.4. The molecule has 0 rings (SSSR count). The standard InChI is InChI=1S/C8H20OSi2/c1-7-9-11(5,6)10(3,4)8-2/h8H,2,7H2,1,3-6H3. The van der Waals surface area contributed by atoms with E-state index in [1.54, 1.807) is 0 Å². The van der Waals surface area contributed by atoms with E-state index in [9.17, 15) is 0 Å². The first-order chi connectivity index (χ1) is 4.87. The smallest absolute Gasteiger partial charge is 0.178 e. The molecule has 0 saturated carbocycles. The fourth-order valence-corrected chi connectivity index (χ4v) is 5.40. The maximum Gasteiger partial charge on any atom is 0.178 e. The third kappa shape index (κ3) is 2.58. The van der Waals surface area contributed by atoms with Crippen molar-refractivity contribution >= 4 is 15.4 Å². The molecule has 0 aliphatic heterocycles. The van der Waals surface area contributed by atoms with Crippen molar-refractivity contribution < 1.29 is 4.43 Å². The van der Waals surface area contributed by atoms with Gasteiger partial charge in [-0.05, 0) is 20.0 Å². The zero-order valence-electron chi connectivity index (χ0n) is 8.40. The van der Waals surface area contributed by atoms with Crippen molar-refractivity contribution in [2.45, 2.75) is 33.1 Å². The summed E-state index contributed by atoms with van der Waals surface area (Å²) in [4.78, 5) is 0. The van der Waals surface area contributed by atoms with E-state index in [2.05, 4.69) is 45.4 Å². The number of hydrogen-bond donors (Lipinski definition) is 0. The van der Waals surface area contributed by atoms with Crippen molar-refractivity contribution in [1.29, 1.82) is 0 Å². The van der Waals surface area contributed by atoms with E-state index in [0.29, 0.717) is 0 Å². The van der Waals surface area contributed by atoms with E-state index >= 15 is 0 Å². The van der Waals surface area contributed by atoms with Gasteiger partial charge in [-0.1, -0.05) is 13.1 Å². The van der Waals surface area contributed by atoms with Gasteiger partial charge in [0.05, 0.1) is 7.59 Å². The minimum atomic E-state index is -1.41. The molecule has 0 amide bonds. The summed E-state index contributed by atoms with van der Waals surface area (Å²) in [6.07, 6.45) is 0. The van der Waals surface area contributed by atoms with E-state index in [4.69, 9.17) is 4.43 Å². The molecule has 0 saturated heterocycles. The van der Waals surface area contributed by atoms with Crippen LogP contribution in [0.5, 0.6) is 0 Å². The monoisotopic (exact) mass is 188 g/mol. The van der Waals surface area contributed by atoms with Gasteiger partial charge in [-0.15, -0.1) is 12.3 Å². The molecular weight excluding hydrogens is 168 g/mol. The van der Waals surface area contributed by atoms with Crippen LogP contribution in [0.2, 0.25) is 26.2 Å². The summed E-state index contributed by atoms with van der Waals surface area (Å²) in [7, 11) is -2.66. The van der Waals surface area contributed by atoms with E-state index in [1.165, 1.54) is 0 Å². The molecule has 0 radical (unpaired) electrons. The van der Waals surface area contributed by atoms with Gasteiger partial charge in [0.25, 0.3) is 0 Å². The maximum atomic E-state index is 5.81. The fourth-order valence-electron chi connectivity index (χ4n) is 0.793. The predicted octanol–water partition coefficient (Wildman–Crippen LogP) is 2.74.